The maximum Gasteiger partial charge on any atom is 0.195 e. The first kappa shape index (κ1) is 16.3. The standard InChI is InChI=1S/C13H16I2O3/c1-9(16)6-7-13(17-2,18-3)11-8-10(14)4-5-12(11)15/h4-5,8H,6-7H2,1-3H3. The molecule has 3 nitrogen and oxygen atoms in total. The molecule has 0 aliphatic carbocycles. The number of hydrogen-bond acceptors (Lipinski definition) is 3. The van der Waals surface area contributed by atoms with Gasteiger partial charge in [0.1, 0.15) is 5.78 Å². The minimum absolute atomic E-state index is 0.133. The van der Waals surface area contributed by atoms with E-state index < -0.39 is 5.79 Å². The molecule has 0 saturated heterocycles. The number of Topliss-reactive ketones (excluding diaryl/α,β-unsaturated/α-hetero) is 1. The largest absolute Gasteiger partial charge is 0.349 e. The lowest BCUT2D eigenvalue weighted by molar-refractivity contribution is -0.221. The Bertz CT molecular complexity index is 428. The molecular formula is C13H16I2O3. The maximum atomic E-state index is 11.2. The van der Waals surface area contributed by atoms with Crippen molar-refractivity contribution in [1.82, 2.24) is 0 Å². The van der Waals surface area contributed by atoms with Gasteiger partial charge in [0.05, 0.1) is 0 Å². The smallest absolute Gasteiger partial charge is 0.195 e. The predicted molar refractivity (Wildman–Crippen MR) is 87.5 cm³/mol. The molecule has 1 rings (SSSR count). The quantitative estimate of drug-likeness (QED) is 0.466. The molecule has 18 heavy (non-hydrogen) atoms. The number of hydrogen-bond donors (Lipinski definition) is 0. The molecule has 1 aromatic rings. The third kappa shape index (κ3) is 3.88. The summed E-state index contributed by atoms with van der Waals surface area (Å²) in [5.74, 6) is -0.710. The van der Waals surface area contributed by atoms with E-state index in [4.69, 9.17) is 9.47 Å². The van der Waals surface area contributed by atoms with Crippen LogP contribution in [0.5, 0.6) is 0 Å². The summed E-state index contributed by atoms with van der Waals surface area (Å²) in [7, 11) is 3.22. The number of halogens is 2. The summed E-state index contributed by atoms with van der Waals surface area (Å²) in [5, 5.41) is 0. The van der Waals surface area contributed by atoms with Crippen LogP contribution in [0.3, 0.4) is 0 Å². The number of rotatable bonds is 6. The third-order valence-electron chi connectivity index (χ3n) is 2.80. The summed E-state index contributed by atoms with van der Waals surface area (Å²) in [5.41, 5.74) is 0.973. The highest BCUT2D eigenvalue weighted by Gasteiger charge is 2.34. The lowest BCUT2D eigenvalue weighted by atomic mass is 9.99. The molecule has 0 bridgehead atoms. The van der Waals surface area contributed by atoms with Gasteiger partial charge in [-0.05, 0) is 70.3 Å². The fourth-order valence-corrected chi connectivity index (χ4v) is 3.01. The third-order valence-corrected chi connectivity index (χ3v) is 4.42. The highest BCUT2D eigenvalue weighted by molar-refractivity contribution is 14.1. The highest BCUT2D eigenvalue weighted by Crippen LogP contribution is 2.35. The monoisotopic (exact) mass is 474 g/mol. The van der Waals surface area contributed by atoms with Crippen molar-refractivity contribution in [2.45, 2.75) is 25.6 Å². The molecule has 0 heterocycles. The van der Waals surface area contributed by atoms with Gasteiger partial charge < -0.3 is 14.3 Å². The fraction of sp³-hybridized carbons (Fsp3) is 0.462. The van der Waals surface area contributed by atoms with Crippen LogP contribution in [0.1, 0.15) is 25.3 Å². The first-order valence-corrected chi connectivity index (χ1v) is 7.66. The molecule has 100 valence electrons. The lowest BCUT2D eigenvalue weighted by Gasteiger charge is -2.32. The summed E-state index contributed by atoms with van der Waals surface area (Å²) < 4.78 is 13.3. The van der Waals surface area contributed by atoms with Crippen molar-refractivity contribution < 1.29 is 14.3 Å². The lowest BCUT2D eigenvalue weighted by Crippen LogP contribution is -2.32. The number of ether oxygens (including phenoxy) is 2. The van der Waals surface area contributed by atoms with Crippen LogP contribution in [-0.2, 0) is 20.1 Å². The molecule has 1 aromatic carbocycles. The molecule has 0 N–H and O–H groups in total. The predicted octanol–water partition coefficient (Wildman–Crippen LogP) is 3.71. The second-order valence-corrected chi connectivity index (χ2v) is 6.40. The Balaban J connectivity index is 3.16. The molecule has 0 aliphatic heterocycles. The Morgan fingerprint density at radius 2 is 1.89 bits per heavy atom. The van der Waals surface area contributed by atoms with E-state index in [-0.39, 0.29) is 5.78 Å². The SMILES string of the molecule is COC(CCC(C)=O)(OC)c1cc(I)ccc1I. The molecule has 5 heteroatoms. The number of ketones is 1. The van der Waals surface area contributed by atoms with Gasteiger partial charge in [0, 0.05) is 39.8 Å². The zero-order valence-corrected chi connectivity index (χ0v) is 14.9. The zero-order chi connectivity index (χ0) is 13.8. The van der Waals surface area contributed by atoms with Gasteiger partial charge in [-0.1, -0.05) is 0 Å². The van der Waals surface area contributed by atoms with Gasteiger partial charge in [0.2, 0.25) is 0 Å². The number of methoxy groups -OCH3 is 2. The van der Waals surface area contributed by atoms with Crippen molar-refractivity contribution >= 4 is 51.0 Å². The first-order chi connectivity index (χ1) is 8.45. The highest BCUT2D eigenvalue weighted by atomic mass is 127. The number of carbonyl (C=O) groups excluding carboxylic acids is 1. The van der Waals surface area contributed by atoms with E-state index in [1.165, 1.54) is 0 Å². The van der Waals surface area contributed by atoms with Gasteiger partial charge in [-0.15, -0.1) is 0 Å². The van der Waals surface area contributed by atoms with Crippen molar-refractivity contribution in [3.8, 4) is 0 Å². The van der Waals surface area contributed by atoms with Gasteiger partial charge in [-0.25, -0.2) is 0 Å². The summed E-state index contributed by atoms with van der Waals surface area (Å²) in [6.45, 7) is 1.58. The molecule has 0 amide bonds. The zero-order valence-electron chi connectivity index (χ0n) is 10.6. The van der Waals surface area contributed by atoms with E-state index in [1.54, 1.807) is 21.1 Å². The second kappa shape index (κ2) is 7.16. The Hall–Kier alpha value is 0.270. The molecule has 0 aromatic heterocycles. The van der Waals surface area contributed by atoms with Crippen LogP contribution in [0.25, 0.3) is 0 Å². The average Bonchev–Trinajstić information content (AvgIpc) is 2.35. The Kier molecular flexibility index (Phi) is 6.49. The Labute approximate surface area is 135 Å². The molecule has 0 atom stereocenters. The van der Waals surface area contributed by atoms with Crippen molar-refractivity contribution in [1.29, 1.82) is 0 Å². The van der Waals surface area contributed by atoms with Crippen molar-refractivity contribution in [3.05, 3.63) is 30.9 Å². The van der Waals surface area contributed by atoms with Gasteiger partial charge in [-0.3, -0.25) is 0 Å². The van der Waals surface area contributed by atoms with Gasteiger partial charge in [-0.2, -0.15) is 0 Å². The summed E-state index contributed by atoms with van der Waals surface area (Å²) in [6.07, 6.45) is 0.953. The first-order valence-electron chi connectivity index (χ1n) is 5.50. The van der Waals surface area contributed by atoms with E-state index in [0.717, 1.165) is 12.7 Å². The van der Waals surface area contributed by atoms with Gasteiger partial charge in [0.25, 0.3) is 0 Å². The molecule has 0 fully saturated rings. The van der Waals surface area contributed by atoms with Crippen LogP contribution in [0.15, 0.2) is 18.2 Å². The summed E-state index contributed by atoms with van der Waals surface area (Å²) in [6, 6.07) is 6.10. The van der Waals surface area contributed by atoms with E-state index >= 15 is 0 Å². The topological polar surface area (TPSA) is 35.5 Å². The summed E-state index contributed by atoms with van der Waals surface area (Å²) in [4.78, 5) is 11.2. The van der Waals surface area contributed by atoms with Crippen LogP contribution in [0.4, 0.5) is 0 Å². The van der Waals surface area contributed by atoms with Crippen LogP contribution in [0, 0.1) is 7.14 Å². The average molecular weight is 474 g/mol. The Morgan fingerprint density at radius 1 is 1.28 bits per heavy atom. The van der Waals surface area contributed by atoms with Gasteiger partial charge >= 0.3 is 0 Å². The Morgan fingerprint density at radius 3 is 2.39 bits per heavy atom. The molecular weight excluding hydrogens is 458 g/mol. The maximum absolute atomic E-state index is 11.2. The minimum Gasteiger partial charge on any atom is -0.349 e. The molecule has 0 aliphatic rings. The molecule has 0 radical (unpaired) electrons. The van der Waals surface area contributed by atoms with Crippen molar-refractivity contribution in [3.63, 3.8) is 0 Å². The molecule has 0 unspecified atom stereocenters. The number of benzene rings is 1. The molecule has 0 spiro atoms. The summed E-state index contributed by atoms with van der Waals surface area (Å²) >= 11 is 4.51. The van der Waals surface area contributed by atoms with Crippen molar-refractivity contribution in [2.24, 2.45) is 0 Å². The van der Waals surface area contributed by atoms with E-state index in [0.29, 0.717) is 12.8 Å². The van der Waals surface area contributed by atoms with Crippen LogP contribution >= 0.6 is 45.2 Å². The van der Waals surface area contributed by atoms with Gasteiger partial charge in [0.15, 0.2) is 5.79 Å². The normalized spacial score (nSPS) is 11.6. The van der Waals surface area contributed by atoms with E-state index in [9.17, 15) is 4.79 Å². The van der Waals surface area contributed by atoms with Crippen LogP contribution < -0.4 is 0 Å². The van der Waals surface area contributed by atoms with Crippen molar-refractivity contribution in [2.75, 3.05) is 14.2 Å². The fourth-order valence-electron chi connectivity index (χ4n) is 1.77. The molecule has 0 saturated carbocycles. The van der Waals surface area contributed by atoms with Crippen LogP contribution in [-0.4, -0.2) is 20.0 Å². The van der Waals surface area contributed by atoms with E-state index in [2.05, 4.69) is 45.2 Å². The van der Waals surface area contributed by atoms with Crippen LogP contribution in [0.2, 0.25) is 0 Å². The van der Waals surface area contributed by atoms with E-state index in [1.807, 2.05) is 18.2 Å². The minimum atomic E-state index is -0.844. The second-order valence-electron chi connectivity index (χ2n) is 3.99. The number of carbonyl (C=O) groups is 1.